The van der Waals surface area contributed by atoms with E-state index >= 15 is 0 Å². The maximum atomic E-state index is 4.74. The van der Waals surface area contributed by atoms with Crippen LogP contribution >= 0.6 is 0 Å². The van der Waals surface area contributed by atoms with Gasteiger partial charge in [0.1, 0.15) is 5.82 Å². The Labute approximate surface area is 119 Å². The highest BCUT2D eigenvalue weighted by molar-refractivity contribution is 5.80. The molecule has 0 fully saturated rings. The molecule has 2 aromatic rings. The van der Waals surface area contributed by atoms with Gasteiger partial charge in [0.2, 0.25) is 0 Å². The Bertz CT molecular complexity index is 717. The molecule has 0 bridgehead atoms. The van der Waals surface area contributed by atoms with Crippen LogP contribution in [0.15, 0.2) is 49.1 Å². The first-order valence-electron chi connectivity index (χ1n) is 6.83. The Morgan fingerprint density at radius 2 is 1.80 bits per heavy atom. The maximum absolute atomic E-state index is 4.74. The van der Waals surface area contributed by atoms with Crippen molar-refractivity contribution in [3.8, 4) is 11.4 Å². The minimum absolute atomic E-state index is 0.517. The topological polar surface area (TPSA) is 17.8 Å². The monoisotopic (exact) mass is 262 g/mol. The molecule has 100 valence electrons. The molecule has 20 heavy (non-hydrogen) atoms. The van der Waals surface area contributed by atoms with Gasteiger partial charge in [-0.15, -0.1) is 0 Å². The van der Waals surface area contributed by atoms with Gasteiger partial charge in [-0.2, -0.15) is 0 Å². The summed E-state index contributed by atoms with van der Waals surface area (Å²) in [6, 6.07) is 10.3. The molecule has 0 saturated carbocycles. The van der Waals surface area contributed by atoms with Crippen LogP contribution in [0.3, 0.4) is 0 Å². The summed E-state index contributed by atoms with van der Waals surface area (Å²) in [6.45, 7) is 12.2. The fourth-order valence-electron chi connectivity index (χ4n) is 2.65. The first-order chi connectivity index (χ1) is 9.69. The van der Waals surface area contributed by atoms with Crippen molar-refractivity contribution in [1.29, 1.82) is 0 Å². The number of aromatic nitrogens is 2. The van der Waals surface area contributed by atoms with Crippen molar-refractivity contribution in [2.45, 2.75) is 13.8 Å². The number of hydrogen-bond donors (Lipinski definition) is 0. The molecule has 1 heterocycles. The van der Waals surface area contributed by atoms with E-state index in [2.05, 4.69) is 43.7 Å². The minimum atomic E-state index is 0.517. The van der Waals surface area contributed by atoms with E-state index in [1.807, 2.05) is 24.3 Å². The second-order valence-electron chi connectivity index (χ2n) is 5.11. The zero-order chi connectivity index (χ0) is 14.3. The van der Waals surface area contributed by atoms with Crippen LogP contribution in [0.5, 0.6) is 0 Å². The zero-order valence-corrected chi connectivity index (χ0v) is 11.9. The lowest BCUT2D eigenvalue weighted by atomic mass is 10.2. The maximum Gasteiger partial charge on any atom is 0.145 e. The summed E-state index contributed by atoms with van der Waals surface area (Å²) >= 11 is 0. The minimum Gasteiger partial charge on any atom is -0.296 e. The van der Waals surface area contributed by atoms with Gasteiger partial charge in [0.15, 0.2) is 0 Å². The van der Waals surface area contributed by atoms with Gasteiger partial charge in [0.25, 0.3) is 0 Å². The van der Waals surface area contributed by atoms with Crippen molar-refractivity contribution in [2.24, 2.45) is 5.92 Å². The summed E-state index contributed by atoms with van der Waals surface area (Å²) in [5, 5.41) is 0. The van der Waals surface area contributed by atoms with Gasteiger partial charge in [-0.1, -0.05) is 50.4 Å². The molecule has 1 aliphatic rings. The largest absolute Gasteiger partial charge is 0.296 e. The molecule has 1 atom stereocenters. The van der Waals surface area contributed by atoms with E-state index in [0.29, 0.717) is 5.92 Å². The first-order valence-corrected chi connectivity index (χ1v) is 6.83. The van der Waals surface area contributed by atoms with Crippen LogP contribution in [0.1, 0.15) is 25.2 Å². The summed E-state index contributed by atoms with van der Waals surface area (Å²) < 4.78 is 2.22. The van der Waals surface area contributed by atoms with Gasteiger partial charge in [0.05, 0.1) is 11.4 Å². The van der Waals surface area contributed by atoms with Crippen molar-refractivity contribution in [2.75, 3.05) is 0 Å². The van der Waals surface area contributed by atoms with E-state index in [-0.39, 0.29) is 0 Å². The van der Waals surface area contributed by atoms with E-state index in [0.717, 1.165) is 22.8 Å². The molecule has 0 spiro atoms. The number of imidazole rings is 1. The van der Waals surface area contributed by atoms with Crippen molar-refractivity contribution >= 4 is 17.8 Å². The van der Waals surface area contributed by atoms with Gasteiger partial charge in [-0.25, -0.2) is 4.98 Å². The molecule has 0 amide bonds. The molecule has 1 aromatic heterocycles. The highest BCUT2D eigenvalue weighted by Crippen LogP contribution is 2.45. The summed E-state index contributed by atoms with van der Waals surface area (Å²) in [6.07, 6.45) is 3.66. The number of hydrogen-bond acceptors (Lipinski definition) is 1. The third-order valence-corrected chi connectivity index (χ3v) is 3.98. The van der Waals surface area contributed by atoms with Crippen molar-refractivity contribution < 1.29 is 0 Å². The lowest BCUT2D eigenvalue weighted by molar-refractivity contribution is 0.969. The van der Waals surface area contributed by atoms with E-state index < -0.39 is 0 Å². The van der Waals surface area contributed by atoms with E-state index in [1.54, 1.807) is 6.08 Å². The van der Waals surface area contributed by atoms with Crippen LogP contribution in [0.4, 0.5) is 0 Å². The number of rotatable bonds is 4. The summed E-state index contributed by atoms with van der Waals surface area (Å²) in [5.41, 5.74) is 5.77. The molecule has 3 rings (SSSR count). The smallest absolute Gasteiger partial charge is 0.145 e. The lowest BCUT2D eigenvalue weighted by Crippen LogP contribution is -1.97. The summed E-state index contributed by atoms with van der Waals surface area (Å²) in [5.74, 6) is 1.48. The second-order valence-corrected chi connectivity index (χ2v) is 5.11. The average Bonchev–Trinajstić information content (AvgIpc) is 2.92. The van der Waals surface area contributed by atoms with Gasteiger partial charge in [0, 0.05) is 17.2 Å². The van der Waals surface area contributed by atoms with Gasteiger partial charge >= 0.3 is 0 Å². The molecule has 2 heteroatoms. The number of allylic oxidation sites excluding steroid dienone is 2. The summed E-state index contributed by atoms with van der Waals surface area (Å²) in [4.78, 5) is 4.74. The molecule has 0 N–H and O–H groups in total. The molecular formula is C18H18N2. The third kappa shape index (κ3) is 1.76. The Morgan fingerprint density at radius 3 is 2.30 bits per heavy atom. The first kappa shape index (κ1) is 12.7. The highest BCUT2D eigenvalue weighted by atomic mass is 15.1. The SMILES string of the molecule is C=Cc1nc(-c2ccccc2)n(C2=C(C)[C@H]2C)c1C=C. The van der Waals surface area contributed by atoms with E-state index in [1.165, 1.54) is 11.3 Å². The fraction of sp³-hybridized carbons (Fsp3) is 0.167. The molecule has 0 radical (unpaired) electrons. The van der Waals surface area contributed by atoms with Crippen molar-refractivity contribution in [1.82, 2.24) is 9.55 Å². The second kappa shape index (κ2) is 4.64. The zero-order valence-electron chi connectivity index (χ0n) is 11.9. The predicted octanol–water partition coefficient (Wildman–Crippen LogP) is 4.72. The van der Waals surface area contributed by atoms with Gasteiger partial charge in [-0.3, -0.25) is 4.57 Å². The Balaban J connectivity index is 2.27. The van der Waals surface area contributed by atoms with Gasteiger partial charge < -0.3 is 0 Å². The number of benzene rings is 1. The molecule has 0 aliphatic heterocycles. The van der Waals surface area contributed by atoms with E-state index in [9.17, 15) is 0 Å². The molecule has 0 unspecified atom stereocenters. The van der Waals surface area contributed by atoms with Crippen LogP contribution in [-0.2, 0) is 0 Å². The van der Waals surface area contributed by atoms with Crippen LogP contribution in [0, 0.1) is 5.92 Å². The van der Waals surface area contributed by atoms with Crippen LogP contribution in [0.2, 0.25) is 0 Å². The Hall–Kier alpha value is -2.35. The van der Waals surface area contributed by atoms with Gasteiger partial charge in [-0.05, 0) is 24.6 Å². The molecule has 1 aliphatic carbocycles. The van der Waals surface area contributed by atoms with Crippen LogP contribution in [-0.4, -0.2) is 9.55 Å². The molecular weight excluding hydrogens is 244 g/mol. The highest BCUT2D eigenvalue weighted by Gasteiger charge is 2.33. The Kier molecular flexibility index (Phi) is 2.94. The number of nitrogens with zero attached hydrogens (tertiary/aromatic N) is 2. The average molecular weight is 262 g/mol. The normalized spacial score (nSPS) is 17.2. The molecule has 1 aromatic carbocycles. The van der Waals surface area contributed by atoms with E-state index in [4.69, 9.17) is 4.98 Å². The summed E-state index contributed by atoms with van der Waals surface area (Å²) in [7, 11) is 0. The van der Waals surface area contributed by atoms with Crippen molar-refractivity contribution in [3.05, 3.63) is 60.5 Å². The third-order valence-electron chi connectivity index (χ3n) is 3.98. The molecule has 2 nitrogen and oxygen atoms in total. The molecule has 0 saturated heterocycles. The van der Waals surface area contributed by atoms with Crippen LogP contribution < -0.4 is 0 Å². The van der Waals surface area contributed by atoms with Crippen LogP contribution in [0.25, 0.3) is 29.2 Å². The predicted molar refractivity (Wildman–Crippen MR) is 85.9 cm³/mol. The lowest BCUT2D eigenvalue weighted by Gasteiger charge is -2.07. The Morgan fingerprint density at radius 1 is 1.15 bits per heavy atom. The quantitative estimate of drug-likeness (QED) is 0.779. The standard InChI is InChI=1S/C18H18N2/c1-5-15-16(6-2)20(17-12(3)13(17)4)18(19-15)14-10-8-7-9-11-14/h5-12H,1-2H2,3-4H3/t12-/m1/s1. The fourth-order valence-corrected chi connectivity index (χ4v) is 2.65. The van der Waals surface area contributed by atoms with Crippen molar-refractivity contribution in [3.63, 3.8) is 0 Å².